The molecule has 0 bridgehead atoms. The van der Waals surface area contributed by atoms with E-state index in [2.05, 4.69) is 5.32 Å². The van der Waals surface area contributed by atoms with Crippen LogP contribution in [0.25, 0.3) is 0 Å². The van der Waals surface area contributed by atoms with Crippen molar-refractivity contribution in [1.82, 2.24) is 5.32 Å². The Morgan fingerprint density at radius 2 is 1.38 bits per heavy atom. The summed E-state index contributed by atoms with van der Waals surface area (Å²) in [5.74, 6) is 0. The van der Waals surface area contributed by atoms with Gasteiger partial charge in [0.25, 0.3) is 0 Å². The van der Waals surface area contributed by atoms with Gasteiger partial charge in [-0.05, 0) is 45.2 Å². The summed E-state index contributed by atoms with van der Waals surface area (Å²) in [5, 5.41) is 11.7. The Morgan fingerprint density at radius 3 is 1.46 bits per heavy atom. The van der Waals surface area contributed by atoms with Crippen LogP contribution in [0.5, 0.6) is 0 Å². The highest BCUT2D eigenvalue weighted by Crippen LogP contribution is 2.16. The zero-order valence-corrected chi connectivity index (χ0v) is 9.18. The van der Waals surface area contributed by atoms with Crippen molar-refractivity contribution in [2.45, 2.75) is 58.5 Å². The van der Waals surface area contributed by atoms with Crippen LogP contribution in [-0.2, 0) is 0 Å². The molecule has 1 aliphatic carbocycles. The Morgan fingerprint density at radius 1 is 0.923 bits per heavy atom. The first-order valence-electron chi connectivity index (χ1n) is 5.78. The number of nitrogens with one attached hydrogen (secondary N) is 1. The summed E-state index contributed by atoms with van der Waals surface area (Å²) < 4.78 is 0. The maximum Gasteiger partial charge on any atom is 0.0540 e. The van der Waals surface area contributed by atoms with Crippen molar-refractivity contribution in [3.05, 3.63) is 0 Å². The van der Waals surface area contributed by atoms with E-state index in [4.69, 9.17) is 5.11 Å². The lowest BCUT2D eigenvalue weighted by atomic mass is 9.97. The molecule has 13 heavy (non-hydrogen) atoms. The van der Waals surface area contributed by atoms with Gasteiger partial charge in [0.15, 0.2) is 0 Å². The van der Waals surface area contributed by atoms with Crippen molar-refractivity contribution in [2.24, 2.45) is 0 Å². The smallest absolute Gasteiger partial charge is 0.0540 e. The van der Waals surface area contributed by atoms with Crippen LogP contribution < -0.4 is 5.32 Å². The third kappa shape index (κ3) is 8.26. The lowest BCUT2D eigenvalue weighted by Gasteiger charge is -2.17. The van der Waals surface area contributed by atoms with Crippen LogP contribution in [0.15, 0.2) is 0 Å². The number of hydrogen-bond donors (Lipinski definition) is 2. The van der Waals surface area contributed by atoms with Gasteiger partial charge in [-0.2, -0.15) is 0 Å². The lowest BCUT2D eigenvalue weighted by Crippen LogP contribution is -2.21. The van der Waals surface area contributed by atoms with E-state index in [-0.39, 0.29) is 6.10 Å². The fraction of sp³-hybridized carbons (Fsp3) is 1.00. The summed E-state index contributed by atoms with van der Waals surface area (Å²) in [5.41, 5.74) is 0. The zero-order chi connectivity index (χ0) is 9.94. The Bertz CT molecular complexity index is 76.6. The number of aliphatic hydroxyl groups excluding tert-OH is 1. The molecule has 0 aromatic heterocycles. The minimum atomic E-state index is 0.0648. The van der Waals surface area contributed by atoms with Crippen LogP contribution in [0.3, 0.4) is 0 Å². The van der Waals surface area contributed by atoms with Crippen molar-refractivity contribution in [3.63, 3.8) is 0 Å². The van der Waals surface area contributed by atoms with Gasteiger partial charge in [0, 0.05) is 0 Å². The van der Waals surface area contributed by atoms with Gasteiger partial charge in [-0.3, -0.25) is 0 Å². The number of aliphatic hydroxyl groups is 1. The highest BCUT2D eigenvalue weighted by Gasteiger charge is 2.11. The molecular weight excluding hydrogens is 162 g/mol. The van der Waals surface area contributed by atoms with Crippen molar-refractivity contribution in [1.29, 1.82) is 0 Å². The minimum Gasteiger partial charge on any atom is -0.393 e. The molecule has 1 saturated heterocycles. The van der Waals surface area contributed by atoms with Gasteiger partial charge in [0.2, 0.25) is 0 Å². The van der Waals surface area contributed by atoms with Crippen LogP contribution in [0.4, 0.5) is 0 Å². The summed E-state index contributed by atoms with van der Waals surface area (Å²) in [7, 11) is 0. The highest BCUT2D eigenvalue weighted by atomic mass is 16.3. The molecule has 0 radical (unpaired) electrons. The third-order valence-electron chi connectivity index (χ3n) is 2.28. The SMILES string of the molecule is C1CCNCC1.CC.OC1CCC1. The molecule has 1 saturated carbocycles. The van der Waals surface area contributed by atoms with E-state index in [0.717, 1.165) is 12.8 Å². The molecule has 0 aromatic carbocycles. The second kappa shape index (κ2) is 10.0. The van der Waals surface area contributed by atoms with E-state index in [9.17, 15) is 0 Å². The van der Waals surface area contributed by atoms with Gasteiger partial charge in [-0.15, -0.1) is 0 Å². The maximum atomic E-state index is 8.45. The molecule has 0 amide bonds. The van der Waals surface area contributed by atoms with Gasteiger partial charge >= 0.3 is 0 Å². The normalized spacial score (nSPS) is 21.5. The van der Waals surface area contributed by atoms with Gasteiger partial charge in [-0.1, -0.05) is 20.3 Å². The van der Waals surface area contributed by atoms with E-state index < -0.39 is 0 Å². The lowest BCUT2D eigenvalue weighted by molar-refractivity contribution is 0.0950. The molecular formula is C11H25NO. The first-order chi connectivity index (χ1) is 6.39. The summed E-state index contributed by atoms with van der Waals surface area (Å²) in [6.45, 7) is 6.50. The van der Waals surface area contributed by atoms with Crippen LogP contribution >= 0.6 is 0 Å². The van der Waals surface area contributed by atoms with Gasteiger partial charge < -0.3 is 10.4 Å². The predicted molar refractivity (Wildman–Crippen MR) is 57.9 cm³/mol. The standard InChI is InChI=1S/C5H11N.C4H8O.C2H6/c1-2-4-6-5-3-1;5-4-2-1-3-4;1-2/h6H,1-5H2;4-5H,1-3H2;1-2H3. The van der Waals surface area contributed by atoms with Gasteiger partial charge in [-0.25, -0.2) is 0 Å². The first-order valence-corrected chi connectivity index (χ1v) is 5.78. The predicted octanol–water partition coefficient (Wildman–Crippen LogP) is 2.32. The van der Waals surface area contributed by atoms with E-state index in [1.54, 1.807) is 0 Å². The van der Waals surface area contributed by atoms with Crippen molar-refractivity contribution >= 4 is 0 Å². The average Bonchev–Trinajstić information content (AvgIpc) is 2.21. The Hall–Kier alpha value is -0.0800. The molecule has 1 heterocycles. The minimum absolute atomic E-state index is 0.0648. The maximum absolute atomic E-state index is 8.45. The first kappa shape index (κ1) is 12.9. The van der Waals surface area contributed by atoms with Crippen molar-refractivity contribution in [3.8, 4) is 0 Å². The molecule has 2 heteroatoms. The average molecular weight is 187 g/mol. The van der Waals surface area contributed by atoms with E-state index in [1.165, 1.54) is 38.8 Å². The molecule has 2 nitrogen and oxygen atoms in total. The summed E-state index contributed by atoms with van der Waals surface area (Å²) >= 11 is 0. The number of hydrogen-bond acceptors (Lipinski definition) is 2. The molecule has 0 aromatic rings. The van der Waals surface area contributed by atoms with Crippen molar-refractivity contribution < 1.29 is 5.11 Å². The third-order valence-corrected chi connectivity index (χ3v) is 2.28. The second-order valence-corrected chi connectivity index (χ2v) is 3.40. The molecule has 2 N–H and O–H groups in total. The quantitative estimate of drug-likeness (QED) is 0.610. The molecule has 2 fully saturated rings. The summed E-state index contributed by atoms with van der Waals surface area (Å²) in [6.07, 6.45) is 7.60. The van der Waals surface area contributed by atoms with E-state index in [0.29, 0.717) is 0 Å². The van der Waals surface area contributed by atoms with Crippen molar-refractivity contribution in [2.75, 3.05) is 13.1 Å². The molecule has 0 unspecified atom stereocenters. The van der Waals surface area contributed by atoms with E-state index in [1.807, 2.05) is 13.8 Å². The van der Waals surface area contributed by atoms with Crippen LogP contribution in [-0.4, -0.2) is 24.3 Å². The fourth-order valence-corrected chi connectivity index (χ4v) is 1.19. The molecule has 0 spiro atoms. The zero-order valence-electron chi connectivity index (χ0n) is 9.18. The van der Waals surface area contributed by atoms with Crippen LogP contribution in [0.2, 0.25) is 0 Å². The molecule has 1 aliphatic heterocycles. The second-order valence-electron chi connectivity index (χ2n) is 3.40. The van der Waals surface area contributed by atoms with E-state index >= 15 is 0 Å². The number of rotatable bonds is 0. The molecule has 2 rings (SSSR count). The summed E-state index contributed by atoms with van der Waals surface area (Å²) in [4.78, 5) is 0. The molecule has 0 atom stereocenters. The van der Waals surface area contributed by atoms with Crippen LogP contribution in [0, 0.1) is 0 Å². The topological polar surface area (TPSA) is 32.3 Å². The summed E-state index contributed by atoms with van der Waals surface area (Å²) in [6, 6.07) is 0. The molecule has 2 aliphatic rings. The largest absolute Gasteiger partial charge is 0.393 e. The molecule has 80 valence electrons. The monoisotopic (exact) mass is 187 g/mol. The van der Waals surface area contributed by atoms with Gasteiger partial charge in [0.1, 0.15) is 0 Å². The van der Waals surface area contributed by atoms with Gasteiger partial charge in [0.05, 0.1) is 6.10 Å². The Balaban J connectivity index is 0.000000189. The highest BCUT2D eigenvalue weighted by molar-refractivity contribution is 4.65. The Kier molecular flexibility index (Phi) is 9.94. The Labute approximate surface area is 82.7 Å². The number of piperidine rings is 1. The fourth-order valence-electron chi connectivity index (χ4n) is 1.19. The van der Waals surface area contributed by atoms with Crippen LogP contribution in [0.1, 0.15) is 52.4 Å².